The van der Waals surface area contributed by atoms with E-state index in [-0.39, 0.29) is 6.04 Å². The van der Waals surface area contributed by atoms with Crippen molar-refractivity contribution in [1.29, 1.82) is 0 Å². The molecule has 2 aromatic rings. The summed E-state index contributed by atoms with van der Waals surface area (Å²) in [5.74, 6) is 1.72. The third-order valence-electron chi connectivity index (χ3n) is 6.64. The molecule has 1 aromatic carbocycles. The second kappa shape index (κ2) is 10.6. The average Bonchev–Trinajstić information content (AvgIpc) is 2.96. The molecule has 7 heteroatoms. The Morgan fingerprint density at radius 1 is 1.03 bits per heavy atom. The molecule has 0 amide bonds. The van der Waals surface area contributed by atoms with Crippen molar-refractivity contribution >= 4 is 26.2 Å². The van der Waals surface area contributed by atoms with Gasteiger partial charge in [0.25, 0.3) is 0 Å². The van der Waals surface area contributed by atoms with Crippen LogP contribution in [0.25, 0.3) is 0 Å². The zero-order chi connectivity index (χ0) is 23.3. The van der Waals surface area contributed by atoms with Gasteiger partial charge in [0, 0.05) is 26.4 Å². The number of fused-ring (bicyclic) bond motifs is 1. The molecule has 0 radical (unpaired) electrons. The number of hydrogen-bond acceptors (Lipinski definition) is 6. The Morgan fingerprint density at radius 3 is 2.31 bits per heavy atom. The van der Waals surface area contributed by atoms with Crippen LogP contribution in [0.3, 0.4) is 0 Å². The highest BCUT2D eigenvalue weighted by atomic mass is 28.4. The number of nitrogens with zero attached hydrogens (tertiary/aromatic N) is 4. The normalized spacial score (nSPS) is 16.2. The summed E-state index contributed by atoms with van der Waals surface area (Å²) in [5.41, 5.74) is 3.86. The molecule has 0 saturated heterocycles. The molecule has 3 rings (SSSR count). The Bertz CT molecular complexity index is 879. The summed E-state index contributed by atoms with van der Waals surface area (Å²) in [6.45, 7) is 16.0. The molecule has 174 valence electrons. The standard InChI is InChI=1S/C25H39N5OSi/c1-18(2)32(19(3)4,20(5)6)31-16-22-13-27-24-23(14-26-22)25(29-17-28-24)30(7)15-21-11-9-8-10-12-21/h8-12,14,17-20,22H,13,15-16H2,1-7H3,(H,27,28,29)/t22-/m0/s1. The number of benzene rings is 1. The van der Waals surface area contributed by atoms with Gasteiger partial charge in [0.1, 0.15) is 18.0 Å². The van der Waals surface area contributed by atoms with Crippen molar-refractivity contribution in [2.24, 2.45) is 4.99 Å². The van der Waals surface area contributed by atoms with Crippen LogP contribution in [-0.4, -0.2) is 50.7 Å². The minimum atomic E-state index is -1.92. The highest BCUT2D eigenvalue weighted by molar-refractivity contribution is 6.77. The molecule has 0 spiro atoms. The third-order valence-corrected chi connectivity index (χ3v) is 12.7. The van der Waals surface area contributed by atoms with Crippen LogP contribution in [0.4, 0.5) is 11.6 Å². The molecule has 1 aliphatic heterocycles. The maximum Gasteiger partial charge on any atom is 0.200 e. The largest absolute Gasteiger partial charge is 0.414 e. The van der Waals surface area contributed by atoms with Gasteiger partial charge in [-0.1, -0.05) is 71.9 Å². The van der Waals surface area contributed by atoms with Gasteiger partial charge in [0.2, 0.25) is 0 Å². The van der Waals surface area contributed by atoms with Crippen LogP contribution in [0, 0.1) is 0 Å². The molecule has 0 bridgehead atoms. The van der Waals surface area contributed by atoms with E-state index in [9.17, 15) is 0 Å². The van der Waals surface area contributed by atoms with Gasteiger partial charge >= 0.3 is 0 Å². The van der Waals surface area contributed by atoms with E-state index in [0.29, 0.717) is 29.8 Å². The lowest BCUT2D eigenvalue weighted by Gasteiger charge is -2.42. The van der Waals surface area contributed by atoms with Gasteiger partial charge in [0.05, 0.1) is 18.2 Å². The van der Waals surface area contributed by atoms with Crippen LogP contribution >= 0.6 is 0 Å². The van der Waals surface area contributed by atoms with Crippen molar-refractivity contribution in [3.05, 3.63) is 47.8 Å². The Balaban J connectivity index is 1.76. The van der Waals surface area contributed by atoms with E-state index in [0.717, 1.165) is 23.7 Å². The van der Waals surface area contributed by atoms with Gasteiger partial charge in [0.15, 0.2) is 8.32 Å². The fraction of sp³-hybridized carbons (Fsp3) is 0.560. The molecule has 1 aromatic heterocycles. The lowest BCUT2D eigenvalue weighted by molar-refractivity contribution is 0.259. The molecule has 1 atom stereocenters. The Hall–Kier alpha value is -2.25. The van der Waals surface area contributed by atoms with Gasteiger partial charge in [-0.05, 0) is 22.2 Å². The van der Waals surface area contributed by atoms with Crippen molar-refractivity contribution in [2.45, 2.75) is 70.8 Å². The smallest absolute Gasteiger partial charge is 0.200 e. The zero-order valence-electron chi connectivity index (χ0n) is 20.7. The lowest BCUT2D eigenvalue weighted by atomic mass is 10.2. The molecule has 32 heavy (non-hydrogen) atoms. The first-order valence-corrected chi connectivity index (χ1v) is 13.9. The Kier molecular flexibility index (Phi) is 8.06. The maximum atomic E-state index is 6.80. The molecular formula is C25H39N5OSi. The van der Waals surface area contributed by atoms with Crippen molar-refractivity contribution in [1.82, 2.24) is 9.97 Å². The highest BCUT2D eigenvalue weighted by Gasteiger charge is 2.45. The van der Waals surface area contributed by atoms with Gasteiger partial charge in [-0.15, -0.1) is 0 Å². The fourth-order valence-corrected chi connectivity index (χ4v) is 10.7. The molecule has 0 fully saturated rings. The minimum Gasteiger partial charge on any atom is -0.414 e. The number of rotatable bonds is 9. The number of aliphatic imine (C=N–C) groups is 1. The predicted molar refractivity (Wildman–Crippen MR) is 137 cm³/mol. The number of anilines is 2. The van der Waals surface area contributed by atoms with E-state index in [1.807, 2.05) is 12.3 Å². The van der Waals surface area contributed by atoms with Gasteiger partial charge < -0.3 is 14.6 Å². The quantitative estimate of drug-likeness (QED) is 0.507. The summed E-state index contributed by atoms with van der Waals surface area (Å²) >= 11 is 0. The van der Waals surface area contributed by atoms with Crippen LogP contribution in [0.1, 0.15) is 52.7 Å². The fourth-order valence-electron chi connectivity index (χ4n) is 5.17. The summed E-state index contributed by atoms with van der Waals surface area (Å²) in [7, 11) is 0.141. The summed E-state index contributed by atoms with van der Waals surface area (Å²) in [6, 6.07) is 10.5. The Labute approximate surface area is 194 Å². The third kappa shape index (κ3) is 5.21. The van der Waals surface area contributed by atoms with Crippen LogP contribution in [-0.2, 0) is 11.0 Å². The van der Waals surface area contributed by atoms with E-state index >= 15 is 0 Å². The molecule has 1 aliphatic rings. The van der Waals surface area contributed by atoms with Crippen LogP contribution < -0.4 is 10.2 Å². The SMILES string of the molecule is CC(C)[Si](OC[C@@H]1CNc2ncnc(N(C)Cc3ccccc3)c2C=N1)(C(C)C)C(C)C. The first kappa shape index (κ1) is 24.4. The second-order valence-corrected chi connectivity index (χ2v) is 15.2. The van der Waals surface area contributed by atoms with Crippen LogP contribution in [0.15, 0.2) is 41.7 Å². The summed E-state index contributed by atoms with van der Waals surface area (Å²) in [6.07, 6.45) is 3.56. The van der Waals surface area contributed by atoms with E-state index in [4.69, 9.17) is 9.42 Å². The van der Waals surface area contributed by atoms with E-state index in [2.05, 4.69) is 93.0 Å². The van der Waals surface area contributed by atoms with E-state index in [1.54, 1.807) is 6.33 Å². The predicted octanol–water partition coefficient (Wildman–Crippen LogP) is 5.52. The maximum absolute atomic E-state index is 6.80. The van der Waals surface area contributed by atoms with Crippen LogP contribution in [0.2, 0.25) is 16.6 Å². The Morgan fingerprint density at radius 2 is 1.69 bits per heavy atom. The first-order chi connectivity index (χ1) is 15.3. The van der Waals surface area contributed by atoms with Crippen molar-refractivity contribution in [3.63, 3.8) is 0 Å². The minimum absolute atomic E-state index is 0.0552. The summed E-state index contributed by atoms with van der Waals surface area (Å²) < 4.78 is 6.80. The lowest BCUT2D eigenvalue weighted by Crippen LogP contribution is -2.49. The van der Waals surface area contributed by atoms with Crippen molar-refractivity contribution < 1.29 is 4.43 Å². The first-order valence-electron chi connectivity index (χ1n) is 11.8. The molecule has 0 aliphatic carbocycles. The number of aromatic nitrogens is 2. The second-order valence-electron chi connectivity index (χ2n) is 9.74. The average molecular weight is 454 g/mol. The summed E-state index contributed by atoms with van der Waals surface area (Å²) in [5, 5.41) is 3.49. The molecule has 6 nitrogen and oxygen atoms in total. The van der Waals surface area contributed by atoms with E-state index < -0.39 is 8.32 Å². The van der Waals surface area contributed by atoms with Crippen LogP contribution in [0.5, 0.6) is 0 Å². The molecule has 1 N–H and O–H groups in total. The topological polar surface area (TPSA) is 62.6 Å². The van der Waals surface area contributed by atoms with Gasteiger partial charge in [-0.2, -0.15) is 0 Å². The van der Waals surface area contributed by atoms with Crippen molar-refractivity contribution in [2.75, 3.05) is 30.4 Å². The summed E-state index contributed by atoms with van der Waals surface area (Å²) in [4.78, 5) is 16.1. The molecule has 0 unspecified atom stereocenters. The molecule has 0 saturated carbocycles. The van der Waals surface area contributed by atoms with E-state index in [1.165, 1.54) is 5.56 Å². The monoisotopic (exact) mass is 453 g/mol. The molecule has 2 heterocycles. The zero-order valence-corrected chi connectivity index (χ0v) is 21.7. The van der Waals surface area contributed by atoms with Gasteiger partial charge in [-0.3, -0.25) is 4.99 Å². The highest BCUT2D eigenvalue weighted by Crippen LogP contribution is 2.42. The van der Waals surface area contributed by atoms with Crippen molar-refractivity contribution in [3.8, 4) is 0 Å². The number of hydrogen-bond donors (Lipinski definition) is 1. The van der Waals surface area contributed by atoms with Gasteiger partial charge in [-0.25, -0.2) is 9.97 Å². The molecular weight excluding hydrogens is 414 g/mol. The number of nitrogens with one attached hydrogen (secondary N) is 1.